The van der Waals surface area contributed by atoms with E-state index in [-0.39, 0.29) is 5.02 Å². The number of nitrogens with one attached hydrogen (secondary N) is 1. The van der Waals surface area contributed by atoms with Gasteiger partial charge in [-0.3, -0.25) is 0 Å². The molecule has 2 aromatic rings. The smallest absolute Gasteiger partial charge is 0.159 e. The zero-order valence-corrected chi connectivity index (χ0v) is 9.44. The Balaban J connectivity index is 2.28. The van der Waals surface area contributed by atoms with Crippen molar-refractivity contribution in [3.05, 3.63) is 39.4 Å². The van der Waals surface area contributed by atoms with Gasteiger partial charge < -0.3 is 5.32 Å². The van der Waals surface area contributed by atoms with Gasteiger partial charge in [0.15, 0.2) is 5.82 Å². The van der Waals surface area contributed by atoms with Crippen LogP contribution in [-0.4, -0.2) is 4.98 Å². The average molecular weight is 254 g/mol. The van der Waals surface area contributed by atoms with Crippen LogP contribution in [0.25, 0.3) is 0 Å². The van der Waals surface area contributed by atoms with Crippen LogP contribution in [0, 0.1) is 17.1 Å². The van der Waals surface area contributed by atoms with Crippen LogP contribution in [0.1, 0.15) is 4.88 Å². The van der Waals surface area contributed by atoms with Crippen LogP contribution in [0.2, 0.25) is 5.02 Å². The number of nitrogens with zero attached hydrogens (tertiary/aromatic N) is 2. The first kappa shape index (κ1) is 10.9. The Kier molecular flexibility index (Phi) is 3.04. The molecule has 0 bridgehead atoms. The number of benzene rings is 1. The number of aromatic nitrogens is 1. The number of anilines is 2. The molecule has 1 aromatic carbocycles. The molecular weight excluding hydrogens is 249 g/mol. The number of hydrogen-bond donors (Lipinski definition) is 1. The Morgan fingerprint density at radius 3 is 3.00 bits per heavy atom. The highest BCUT2D eigenvalue weighted by Gasteiger charge is 2.06. The van der Waals surface area contributed by atoms with Crippen molar-refractivity contribution < 1.29 is 4.39 Å². The van der Waals surface area contributed by atoms with E-state index in [9.17, 15) is 4.39 Å². The minimum Gasteiger partial charge on any atom is -0.338 e. The SMILES string of the molecule is N#Cc1scnc1Nc1ccc(F)c(Cl)c1. The van der Waals surface area contributed by atoms with E-state index in [0.717, 1.165) is 0 Å². The molecule has 0 saturated heterocycles. The zero-order chi connectivity index (χ0) is 11.5. The lowest BCUT2D eigenvalue weighted by Gasteiger charge is -2.04. The first-order valence-electron chi connectivity index (χ1n) is 4.26. The fourth-order valence-electron chi connectivity index (χ4n) is 1.13. The second-order valence-electron chi connectivity index (χ2n) is 2.90. The van der Waals surface area contributed by atoms with E-state index in [1.807, 2.05) is 6.07 Å². The molecule has 2 rings (SSSR count). The van der Waals surface area contributed by atoms with Crippen molar-refractivity contribution in [2.75, 3.05) is 5.32 Å². The van der Waals surface area contributed by atoms with Gasteiger partial charge in [0.05, 0.1) is 10.5 Å². The lowest BCUT2D eigenvalue weighted by molar-refractivity contribution is 0.628. The van der Waals surface area contributed by atoms with Crippen LogP contribution < -0.4 is 5.32 Å². The van der Waals surface area contributed by atoms with Crippen molar-refractivity contribution in [3.63, 3.8) is 0 Å². The maximum atomic E-state index is 12.9. The van der Waals surface area contributed by atoms with Crippen LogP contribution in [0.3, 0.4) is 0 Å². The number of hydrogen-bond acceptors (Lipinski definition) is 4. The summed E-state index contributed by atoms with van der Waals surface area (Å²) in [5, 5.41) is 11.7. The molecule has 0 unspecified atom stereocenters. The number of halogens is 2. The summed E-state index contributed by atoms with van der Waals surface area (Å²) in [6.45, 7) is 0. The Morgan fingerprint density at radius 1 is 1.50 bits per heavy atom. The summed E-state index contributed by atoms with van der Waals surface area (Å²) in [6, 6.07) is 6.23. The fourth-order valence-corrected chi connectivity index (χ4v) is 1.84. The number of rotatable bonds is 2. The molecule has 0 radical (unpaired) electrons. The minimum atomic E-state index is -0.481. The van der Waals surface area contributed by atoms with Crippen molar-refractivity contribution in [2.45, 2.75) is 0 Å². The van der Waals surface area contributed by atoms with Gasteiger partial charge in [-0.15, -0.1) is 11.3 Å². The topological polar surface area (TPSA) is 48.7 Å². The summed E-state index contributed by atoms with van der Waals surface area (Å²) < 4.78 is 12.9. The van der Waals surface area contributed by atoms with Gasteiger partial charge in [-0.2, -0.15) is 5.26 Å². The van der Waals surface area contributed by atoms with Crippen LogP contribution in [0.5, 0.6) is 0 Å². The Bertz CT molecular complexity index is 561. The third kappa shape index (κ3) is 2.13. The van der Waals surface area contributed by atoms with Crippen molar-refractivity contribution in [1.29, 1.82) is 5.26 Å². The molecule has 0 amide bonds. The van der Waals surface area contributed by atoms with Gasteiger partial charge in [-0.25, -0.2) is 9.37 Å². The van der Waals surface area contributed by atoms with Crippen molar-refractivity contribution in [3.8, 4) is 6.07 Å². The minimum absolute atomic E-state index is 0.0266. The third-order valence-corrected chi connectivity index (χ3v) is 2.87. The lowest BCUT2D eigenvalue weighted by atomic mass is 10.3. The van der Waals surface area contributed by atoms with Crippen molar-refractivity contribution >= 4 is 34.4 Å². The molecule has 6 heteroatoms. The Morgan fingerprint density at radius 2 is 2.31 bits per heavy atom. The van der Waals surface area contributed by atoms with E-state index in [2.05, 4.69) is 10.3 Å². The molecule has 1 N–H and O–H groups in total. The number of thiazole rings is 1. The predicted octanol–water partition coefficient (Wildman–Crippen LogP) is 3.55. The van der Waals surface area contributed by atoms with E-state index >= 15 is 0 Å². The van der Waals surface area contributed by atoms with Crippen LogP contribution >= 0.6 is 22.9 Å². The van der Waals surface area contributed by atoms with Gasteiger partial charge in [-0.05, 0) is 18.2 Å². The lowest BCUT2D eigenvalue weighted by Crippen LogP contribution is -1.92. The highest BCUT2D eigenvalue weighted by Crippen LogP contribution is 2.25. The highest BCUT2D eigenvalue weighted by molar-refractivity contribution is 7.10. The van der Waals surface area contributed by atoms with Crippen molar-refractivity contribution in [1.82, 2.24) is 4.98 Å². The summed E-state index contributed by atoms with van der Waals surface area (Å²) in [7, 11) is 0. The molecule has 0 saturated carbocycles. The summed E-state index contributed by atoms with van der Waals surface area (Å²) in [4.78, 5) is 4.46. The largest absolute Gasteiger partial charge is 0.338 e. The monoisotopic (exact) mass is 253 g/mol. The van der Waals surface area contributed by atoms with Gasteiger partial charge in [0.25, 0.3) is 0 Å². The Labute approximate surface area is 100 Å². The molecule has 0 aliphatic rings. The molecule has 3 nitrogen and oxygen atoms in total. The second-order valence-corrected chi connectivity index (χ2v) is 4.16. The maximum Gasteiger partial charge on any atom is 0.159 e. The molecule has 0 fully saturated rings. The zero-order valence-electron chi connectivity index (χ0n) is 7.87. The summed E-state index contributed by atoms with van der Waals surface area (Å²) in [5.74, 6) is -0.0267. The molecule has 0 atom stereocenters. The summed E-state index contributed by atoms with van der Waals surface area (Å²) >= 11 is 6.86. The Hall–Kier alpha value is -1.64. The first-order valence-corrected chi connectivity index (χ1v) is 5.52. The molecule has 1 heterocycles. The molecule has 1 aromatic heterocycles. The fraction of sp³-hybridized carbons (Fsp3) is 0. The highest BCUT2D eigenvalue weighted by atomic mass is 35.5. The summed E-state index contributed by atoms with van der Waals surface area (Å²) in [6.07, 6.45) is 0. The standard InChI is InChI=1S/C10H5ClFN3S/c11-7-3-6(1-2-8(7)12)15-10-9(4-13)16-5-14-10/h1-3,5,15H. The third-order valence-electron chi connectivity index (χ3n) is 1.85. The quantitative estimate of drug-likeness (QED) is 0.890. The van der Waals surface area contributed by atoms with Gasteiger partial charge in [0, 0.05) is 5.69 Å². The van der Waals surface area contributed by atoms with Gasteiger partial charge >= 0.3 is 0 Å². The van der Waals surface area contributed by atoms with Crippen LogP contribution in [0.4, 0.5) is 15.9 Å². The number of nitriles is 1. The van der Waals surface area contributed by atoms with Crippen molar-refractivity contribution in [2.24, 2.45) is 0 Å². The second kappa shape index (κ2) is 4.47. The molecular formula is C10H5ClFN3S. The van der Waals surface area contributed by atoms with Gasteiger partial charge in [0.2, 0.25) is 0 Å². The molecule has 0 aliphatic carbocycles. The predicted molar refractivity (Wildman–Crippen MR) is 61.5 cm³/mol. The van der Waals surface area contributed by atoms with E-state index < -0.39 is 5.82 Å². The van der Waals surface area contributed by atoms with Gasteiger partial charge in [-0.1, -0.05) is 11.6 Å². The van der Waals surface area contributed by atoms with E-state index in [1.54, 1.807) is 5.51 Å². The van der Waals surface area contributed by atoms with Crippen LogP contribution in [0.15, 0.2) is 23.7 Å². The molecule has 0 spiro atoms. The summed E-state index contributed by atoms with van der Waals surface area (Å²) in [5.41, 5.74) is 2.15. The molecule has 16 heavy (non-hydrogen) atoms. The van der Waals surface area contributed by atoms with Crippen LogP contribution in [-0.2, 0) is 0 Å². The molecule has 0 aliphatic heterocycles. The maximum absolute atomic E-state index is 12.9. The average Bonchev–Trinajstić information content (AvgIpc) is 2.71. The normalized spacial score (nSPS) is 9.81. The van der Waals surface area contributed by atoms with E-state index in [0.29, 0.717) is 16.4 Å². The first-order chi connectivity index (χ1) is 7.70. The molecule has 80 valence electrons. The van der Waals surface area contributed by atoms with E-state index in [4.69, 9.17) is 16.9 Å². The van der Waals surface area contributed by atoms with E-state index in [1.165, 1.54) is 29.5 Å². The van der Waals surface area contributed by atoms with Gasteiger partial charge in [0.1, 0.15) is 16.8 Å².